The molecule has 118 valence electrons. The molecular formula is C15H31N3O2. The second-order valence-electron chi connectivity index (χ2n) is 6.09. The van der Waals surface area contributed by atoms with Crippen LogP contribution >= 0.6 is 0 Å². The normalized spacial score (nSPS) is 12.6. The van der Waals surface area contributed by atoms with Crippen LogP contribution in [0.3, 0.4) is 0 Å². The molecule has 0 saturated carbocycles. The van der Waals surface area contributed by atoms with Crippen molar-refractivity contribution in [3.8, 4) is 0 Å². The van der Waals surface area contributed by atoms with E-state index in [0.29, 0.717) is 37.3 Å². The molecule has 0 aliphatic heterocycles. The van der Waals surface area contributed by atoms with E-state index in [9.17, 15) is 9.59 Å². The molecule has 0 aliphatic rings. The lowest BCUT2D eigenvalue weighted by atomic mass is 9.88. The summed E-state index contributed by atoms with van der Waals surface area (Å²) in [5.74, 6) is 1.22. The first-order valence-corrected chi connectivity index (χ1v) is 7.60. The van der Waals surface area contributed by atoms with E-state index >= 15 is 0 Å². The van der Waals surface area contributed by atoms with Gasteiger partial charge in [-0.25, -0.2) is 0 Å². The van der Waals surface area contributed by atoms with Gasteiger partial charge in [-0.15, -0.1) is 0 Å². The van der Waals surface area contributed by atoms with Crippen LogP contribution in [0.5, 0.6) is 0 Å². The molecule has 0 bridgehead atoms. The van der Waals surface area contributed by atoms with Crippen LogP contribution in [0, 0.1) is 17.8 Å². The second-order valence-corrected chi connectivity index (χ2v) is 6.09. The number of hydrogen-bond donors (Lipinski definition) is 3. The van der Waals surface area contributed by atoms with Gasteiger partial charge >= 0.3 is 0 Å². The van der Waals surface area contributed by atoms with Crippen LogP contribution in [0.15, 0.2) is 0 Å². The van der Waals surface area contributed by atoms with Crippen LogP contribution in [-0.2, 0) is 9.59 Å². The molecule has 0 aromatic heterocycles. The van der Waals surface area contributed by atoms with E-state index < -0.39 is 0 Å². The summed E-state index contributed by atoms with van der Waals surface area (Å²) in [5, 5.41) is 5.43. The van der Waals surface area contributed by atoms with Gasteiger partial charge in [0.2, 0.25) is 11.8 Å². The van der Waals surface area contributed by atoms with Gasteiger partial charge in [-0.1, -0.05) is 27.7 Å². The fourth-order valence-electron chi connectivity index (χ4n) is 1.99. The summed E-state index contributed by atoms with van der Waals surface area (Å²) in [5.41, 5.74) is 5.58. The minimum absolute atomic E-state index is 0.0626. The van der Waals surface area contributed by atoms with Crippen molar-refractivity contribution < 1.29 is 9.59 Å². The van der Waals surface area contributed by atoms with Crippen molar-refractivity contribution in [2.45, 2.75) is 47.0 Å². The number of rotatable bonds is 10. The zero-order valence-corrected chi connectivity index (χ0v) is 13.4. The first-order chi connectivity index (χ1) is 9.36. The van der Waals surface area contributed by atoms with Crippen molar-refractivity contribution in [1.29, 1.82) is 0 Å². The molecular weight excluding hydrogens is 254 g/mol. The number of hydrogen-bond acceptors (Lipinski definition) is 3. The molecule has 5 nitrogen and oxygen atoms in total. The Labute approximate surface area is 123 Å². The Balaban J connectivity index is 3.85. The summed E-state index contributed by atoms with van der Waals surface area (Å²) in [6.07, 6.45) is 2.23. The van der Waals surface area contributed by atoms with Gasteiger partial charge in [0.1, 0.15) is 0 Å². The smallest absolute Gasteiger partial charge is 0.239 e. The molecule has 0 spiro atoms. The van der Waals surface area contributed by atoms with Crippen molar-refractivity contribution in [1.82, 2.24) is 10.6 Å². The maximum atomic E-state index is 11.7. The Morgan fingerprint density at radius 3 is 2.15 bits per heavy atom. The Hall–Kier alpha value is -1.10. The third-order valence-electron chi connectivity index (χ3n) is 3.38. The van der Waals surface area contributed by atoms with Gasteiger partial charge in [-0.05, 0) is 37.1 Å². The lowest BCUT2D eigenvalue weighted by molar-refractivity contribution is -0.126. The van der Waals surface area contributed by atoms with E-state index in [1.54, 1.807) is 0 Å². The van der Waals surface area contributed by atoms with Gasteiger partial charge in [0.05, 0.1) is 6.54 Å². The molecule has 4 N–H and O–H groups in total. The monoisotopic (exact) mass is 285 g/mol. The van der Waals surface area contributed by atoms with Gasteiger partial charge in [-0.3, -0.25) is 9.59 Å². The summed E-state index contributed by atoms with van der Waals surface area (Å²) in [6.45, 7) is 9.72. The molecule has 0 aromatic carbocycles. The fraction of sp³-hybridized carbons (Fsp3) is 0.867. The largest absolute Gasteiger partial charge is 0.354 e. The van der Waals surface area contributed by atoms with Crippen molar-refractivity contribution in [2.75, 3.05) is 19.6 Å². The van der Waals surface area contributed by atoms with Gasteiger partial charge in [0, 0.05) is 13.0 Å². The molecule has 0 saturated heterocycles. The number of nitrogens with one attached hydrogen (secondary N) is 2. The van der Waals surface area contributed by atoms with Gasteiger partial charge in [-0.2, -0.15) is 0 Å². The Morgan fingerprint density at radius 2 is 1.65 bits per heavy atom. The Bertz CT molecular complexity index is 291. The molecule has 0 aliphatic carbocycles. The molecule has 0 rings (SSSR count). The maximum absolute atomic E-state index is 11.7. The maximum Gasteiger partial charge on any atom is 0.239 e. The number of carbonyl (C=O) groups is 2. The van der Waals surface area contributed by atoms with Crippen LogP contribution < -0.4 is 16.4 Å². The highest BCUT2D eigenvalue weighted by Crippen LogP contribution is 2.20. The predicted molar refractivity (Wildman–Crippen MR) is 82.1 cm³/mol. The molecule has 2 amide bonds. The molecule has 0 fully saturated rings. The standard InChI is InChI=1S/C15H31N3O2/c1-11(2)9-17-15(20)10-18-14(19)6-5-13(7-8-16)12(3)4/h11-13H,5-10,16H2,1-4H3,(H,17,20)(H,18,19). The summed E-state index contributed by atoms with van der Waals surface area (Å²) in [4.78, 5) is 23.2. The zero-order valence-electron chi connectivity index (χ0n) is 13.4. The SMILES string of the molecule is CC(C)CNC(=O)CNC(=O)CCC(CCN)C(C)C. The third-order valence-corrected chi connectivity index (χ3v) is 3.38. The average molecular weight is 285 g/mol. The second kappa shape index (κ2) is 10.7. The lowest BCUT2D eigenvalue weighted by Gasteiger charge is -2.19. The number of amides is 2. The summed E-state index contributed by atoms with van der Waals surface area (Å²) in [7, 11) is 0. The van der Waals surface area contributed by atoms with Crippen LogP contribution in [0.1, 0.15) is 47.0 Å². The molecule has 20 heavy (non-hydrogen) atoms. The molecule has 0 aromatic rings. The highest BCUT2D eigenvalue weighted by Gasteiger charge is 2.14. The topological polar surface area (TPSA) is 84.2 Å². The molecule has 1 unspecified atom stereocenters. The van der Waals surface area contributed by atoms with E-state index in [4.69, 9.17) is 5.73 Å². The molecule has 5 heteroatoms. The molecule has 0 radical (unpaired) electrons. The van der Waals surface area contributed by atoms with Crippen molar-refractivity contribution >= 4 is 11.8 Å². The van der Waals surface area contributed by atoms with Crippen LogP contribution in [0.25, 0.3) is 0 Å². The van der Waals surface area contributed by atoms with Gasteiger partial charge < -0.3 is 16.4 Å². The van der Waals surface area contributed by atoms with Crippen LogP contribution in [-0.4, -0.2) is 31.4 Å². The first kappa shape index (κ1) is 18.9. The summed E-state index contributed by atoms with van der Waals surface area (Å²) < 4.78 is 0. The van der Waals surface area contributed by atoms with Crippen LogP contribution in [0.4, 0.5) is 0 Å². The van der Waals surface area contributed by atoms with Crippen molar-refractivity contribution in [3.05, 3.63) is 0 Å². The summed E-state index contributed by atoms with van der Waals surface area (Å²) in [6, 6.07) is 0. The first-order valence-electron chi connectivity index (χ1n) is 7.60. The quantitative estimate of drug-likeness (QED) is 0.565. The van der Waals surface area contributed by atoms with E-state index in [-0.39, 0.29) is 18.4 Å². The minimum Gasteiger partial charge on any atom is -0.354 e. The van der Waals surface area contributed by atoms with Gasteiger partial charge in [0.25, 0.3) is 0 Å². The summed E-state index contributed by atoms with van der Waals surface area (Å²) >= 11 is 0. The average Bonchev–Trinajstić information content (AvgIpc) is 2.38. The molecule has 1 atom stereocenters. The van der Waals surface area contributed by atoms with Crippen molar-refractivity contribution in [3.63, 3.8) is 0 Å². The highest BCUT2D eigenvalue weighted by molar-refractivity contribution is 5.84. The number of nitrogens with two attached hydrogens (primary N) is 1. The zero-order chi connectivity index (χ0) is 15.5. The van der Waals surface area contributed by atoms with E-state index in [1.165, 1.54) is 0 Å². The minimum atomic E-state index is -0.130. The fourth-order valence-corrected chi connectivity index (χ4v) is 1.99. The Kier molecular flexibility index (Phi) is 10.1. The van der Waals surface area contributed by atoms with E-state index in [1.807, 2.05) is 13.8 Å². The van der Waals surface area contributed by atoms with E-state index in [0.717, 1.165) is 12.8 Å². The lowest BCUT2D eigenvalue weighted by Crippen LogP contribution is -2.38. The Morgan fingerprint density at radius 1 is 1.00 bits per heavy atom. The van der Waals surface area contributed by atoms with Crippen LogP contribution in [0.2, 0.25) is 0 Å². The predicted octanol–water partition coefficient (Wildman–Crippen LogP) is 1.28. The van der Waals surface area contributed by atoms with E-state index in [2.05, 4.69) is 24.5 Å². The van der Waals surface area contributed by atoms with Crippen molar-refractivity contribution in [2.24, 2.45) is 23.5 Å². The highest BCUT2D eigenvalue weighted by atomic mass is 16.2. The van der Waals surface area contributed by atoms with Gasteiger partial charge in [0.15, 0.2) is 0 Å². The third kappa shape index (κ3) is 9.78. The number of carbonyl (C=O) groups excluding carboxylic acids is 2. The molecule has 0 heterocycles.